The maximum atomic E-state index is 13.2. The third kappa shape index (κ3) is 2.09. The molecule has 4 rings (SSSR count). The number of nitrogens with zero attached hydrogens (tertiary/aromatic N) is 5. The monoisotopic (exact) mass is 323 g/mol. The van der Waals surface area contributed by atoms with Crippen LogP contribution in [-0.4, -0.2) is 31.4 Å². The van der Waals surface area contributed by atoms with Gasteiger partial charge in [0.25, 0.3) is 0 Å². The molecule has 0 saturated heterocycles. The minimum absolute atomic E-state index is 0.490. The lowest BCUT2D eigenvalue weighted by molar-refractivity contribution is 0.399. The Morgan fingerprint density at radius 1 is 1.00 bits per heavy atom. The highest BCUT2D eigenvalue weighted by Crippen LogP contribution is 2.28. The average Bonchev–Trinajstić information content (AvgIpc) is 2.94. The minimum Gasteiger partial charge on any atom is -0.481 e. The van der Waals surface area contributed by atoms with E-state index in [2.05, 4.69) is 19.9 Å². The Labute approximate surface area is 137 Å². The van der Waals surface area contributed by atoms with Crippen LogP contribution in [0.4, 0.5) is 4.39 Å². The van der Waals surface area contributed by atoms with Crippen LogP contribution in [0.1, 0.15) is 11.4 Å². The normalized spacial score (nSPS) is 11.3. The summed E-state index contributed by atoms with van der Waals surface area (Å²) < 4.78 is 20.3. The fourth-order valence-corrected chi connectivity index (χ4v) is 2.88. The summed E-state index contributed by atoms with van der Waals surface area (Å²) in [5.74, 6) is 0.606. The molecule has 0 aliphatic heterocycles. The van der Waals surface area contributed by atoms with E-state index in [0.29, 0.717) is 22.9 Å². The Balaban J connectivity index is 2.16. The van der Waals surface area contributed by atoms with Crippen LogP contribution >= 0.6 is 0 Å². The second kappa shape index (κ2) is 5.23. The van der Waals surface area contributed by atoms with Gasteiger partial charge in [0, 0.05) is 17.8 Å². The SMILES string of the molecule is COc1ccc2nc(C)c3c(C)nc(-c4ccc(F)nc4)n3c2n1. The molecule has 24 heavy (non-hydrogen) atoms. The second-order valence-electron chi connectivity index (χ2n) is 5.47. The highest BCUT2D eigenvalue weighted by atomic mass is 19.1. The highest BCUT2D eigenvalue weighted by Gasteiger charge is 2.17. The summed E-state index contributed by atoms with van der Waals surface area (Å²) in [6.45, 7) is 3.84. The summed E-state index contributed by atoms with van der Waals surface area (Å²) in [6.07, 6.45) is 1.46. The number of ether oxygens (including phenoxy) is 1. The Bertz CT molecular complexity index is 1070. The lowest BCUT2D eigenvalue weighted by Crippen LogP contribution is -2.01. The molecule has 0 spiro atoms. The Hall–Kier alpha value is -3.09. The summed E-state index contributed by atoms with van der Waals surface area (Å²) in [6, 6.07) is 6.59. The first-order valence-corrected chi connectivity index (χ1v) is 7.41. The molecule has 4 heterocycles. The zero-order chi connectivity index (χ0) is 16.8. The van der Waals surface area contributed by atoms with E-state index in [0.717, 1.165) is 22.4 Å². The summed E-state index contributed by atoms with van der Waals surface area (Å²) in [4.78, 5) is 17.5. The number of hydrogen-bond donors (Lipinski definition) is 0. The molecule has 4 aromatic rings. The van der Waals surface area contributed by atoms with Crippen molar-refractivity contribution in [2.75, 3.05) is 7.11 Å². The molecule has 0 atom stereocenters. The quantitative estimate of drug-likeness (QED) is 0.530. The van der Waals surface area contributed by atoms with E-state index in [1.807, 2.05) is 24.3 Å². The number of aromatic nitrogens is 5. The summed E-state index contributed by atoms with van der Waals surface area (Å²) >= 11 is 0. The number of halogens is 1. The van der Waals surface area contributed by atoms with E-state index in [1.54, 1.807) is 19.2 Å². The zero-order valence-electron chi connectivity index (χ0n) is 13.4. The number of fused-ring (bicyclic) bond motifs is 3. The molecule has 6 nitrogen and oxygen atoms in total. The van der Waals surface area contributed by atoms with Gasteiger partial charge in [0.15, 0.2) is 5.65 Å². The van der Waals surface area contributed by atoms with Crippen LogP contribution in [0.5, 0.6) is 5.88 Å². The number of hydrogen-bond acceptors (Lipinski definition) is 5. The van der Waals surface area contributed by atoms with Crippen LogP contribution < -0.4 is 4.74 Å². The summed E-state index contributed by atoms with van der Waals surface area (Å²) in [5, 5.41) is 0. The van der Waals surface area contributed by atoms with Gasteiger partial charge in [-0.25, -0.2) is 15.0 Å². The molecule has 0 aliphatic rings. The van der Waals surface area contributed by atoms with Crippen LogP contribution in [-0.2, 0) is 0 Å². The molecule has 0 unspecified atom stereocenters. The van der Waals surface area contributed by atoms with E-state index in [4.69, 9.17) is 4.74 Å². The lowest BCUT2D eigenvalue weighted by atomic mass is 10.2. The standard InChI is InChI=1S/C17H14FN5O/c1-9-15-10(2)21-16(11-4-6-13(18)19-8-11)23(15)17-12(20-9)5-7-14(22-17)24-3/h4-8H,1-3H3. The van der Waals surface area contributed by atoms with Crippen molar-refractivity contribution in [2.45, 2.75) is 13.8 Å². The third-order valence-corrected chi connectivity index (χ3v) is 3.92. The van der Waals surface area contributed by atoms with Crippen LogP contribution in [0.2, 0.25) is 0 Å². The molecule has 0 N–H and O–H groups in total. The van der Waals surface area contributed by atoms with Gasteiger partial charge in [-0.15, -0.1) is 0 Å². The van der Waals surface area contributed by atoms with E-state index in [9.17, 15) is 4.39 Å². The lowest BCUT2D eigenvalue weighted by Gasteiger charge is -2.08. The Morgan fingerprint density at radius 3 is 2.50 bits per heavy atom. The van der Waals surface area contributed by atoms with Gasteiger partial charge in [0.2, 0.25) is 11.8 Å². The van der Waals surface area contributed by atoms with Crippen molar-refractivity contribution < 1.29 is 9.13 Å². The molecule has 0 saturated carbocycles. The van der Waals surface area contributed by atoms with Gasteiger partial charge < -0.3 is 4.74 Å². The molecule has 0 aromatic carbocycles. The first-order chi connectivity index (χ1) is 11.6. The van der Waals surface area contributed by atoms with E-state index < -0.39 is 5.95 Å². The van der Waals surface area contributed by atoms with Gasteiger partial charge in [-0.1, -0.05) is 0 Å². The maximum Gasteiger partial charge on any atom is 0.215 e. The van der Waals surface area contributed by atoms with Crippen LogP contribution in [0.25, 0.3) is 28.1 Å². The first-order valence-electron chi connectivity index (χ1n) is 7.41. The fourth-order valence-electron chi connectivity index (χ4n) is 2.88. The van der Waals surface area contributed by atoms with Crippen molar-refractivity contribution in [3.63, 3.8) is 0 Å². The molecule has 0 amide bonds. The molecular formula is C17H14FN5O. The number of pyridine rings is 2. The molecule has 0 radical (unpaired) electrons. The van der Waals surface area contributed by atoms with Crippen molar-refractivity contribution in [2.24, 2.45) is 0 Å². The molecule has 4 aromatic heterocycles. The predicted octanol–water partition coefficient (Wildman–Crippen LogP) is 3.10. The minimum atomic E-state index is -0.529. The smallest absolute Gasteiger partial charge is 0.215 e. The average molecular weight is 323 g/mol. The van der Waals surface area contributed by atoms with Gasteiger partial charge in [-0.05, 0) is 32.0 Å². The molecule has 120 valence electrons. The second-order valence-corrected chi connectivity index (χ2v) is 5.47. The van der Waals surface area contributed by atoms with Crippen molar-refractivity contribution in [1.82, 2.24) is 24.3 Å². The van der Waals surface area contributed by atoms with Gasteiger partial charge in [-0.3, -0.25) is 4.40 Å². The zero-order valence-corrected chi connectivity index (χ0v) is 13.4. The van der Waals surface area contributed by atoms with Gasteiger partial charge >= 0.3 is 0 Å². The Kier molecular flexibility index (Phi) is 3.16. The molecule has 0 aliphatic carbocycles. The third-order valence-electron chi connectivity index (χ3n) is 3.92. The van der Waals surface area contributed by atoms with Crippen LogP contribution in [0.15, 0.2) is 30.5 Å². The van der Waals surface area contributed by atoms with Gasteiger partial charge in [0.1, 0.15) is 11.3 Å². The van der Waals surface area contributed by atoms with Crippen molar-refractivity contribution in [3.8, 4) is 17.3 Å². The van der Waals surface area contributed by atoms with Crippen molar-refractivity contribution in [1.29, 1.82) is 0 Å². The fraction of sp³-hybridized carbons (Fsp3) is 0.176. The van der Waals surface area contributed by atoms with E-state index >= 15 is 0 Å². The van der Waals surface area contributed by atoms with Crippen LogP contribution in [0.3, 0.4) is 0 Å². The van der Waals surface area contributed by atoms with Crippen molar-refractivity contribution in [3.05, 3.63) is 47.8 Å². The summed E-state index contributed by atoms with van der Waals surface area (Å²) in [5.41, 5.74) is 4.62. The highest BCUT2D eigenvalue weighted by molar-refractivity contribution is 5.81. The maximum absolute atomic E-state index is 13.2. The molecule has 7 heteroatoms. The van der Waals surface area contributed by atoms with Gasteiger partial charge in [0.05, 0.1) is 24.0 Å². The molecular weight excluding hydrogens is 309 g/mol. The van der Waals surface area contributed by atoms with E-state index in [-0.39, 0.29) is 0 Å². The predicted molar refractivity (Wildman–Crippen MR) is 87.5 cm³/mol. The molecule has 0 fully saturated rings. The number of imidazole rings is 1. The number of rotatable bonds is 2. The van der Waals surface area contributed by atoms with Crippen LogP contribution in [0, 0.1) is 19.8 Å². The van der Waals surface area contributed by atoms with Crippen molar-refractivity contribution >= 4 is 16.7 Å². The summed E-state index contributed by atoms with van der Waals surface area (Å²) in [7, 11) is 1.57. The van der Waals surface area contributed by atoms with E-state index in [1.165, 1.54) is 12.3 Å². The van der Waals surface area contributed by atoms with Gasteiger partial charge in [-0.2, -0.15) is 9.37 Å². The largest absolute Gasteiger partial charge is 0.481 e. The topological polar surface area (TPSA) is 65.2 Å². The molecule has 0 bridgehead atoms. The Morgan fingerprint density at radius 2 is 1.79 bits per heavy atom. The first kappa shape index (κ1) is 14.5. The number of aryl methyl sites for hydroxylation is 2. The number of methoxy groups -OCH3 is 1.